The largest absolute Gasteiger partial charge is 0.545 e. The van der Waals surface area contributed by atoms with E-state index in [-0.39, 0.29) is 26.9 Å². The average Bonchev–Trinajstić information content (AvgIpc) is 2.51. The van der Waals surface area contributed by atoms with Crippen LogP contribution in [0.3, 0.4) is 0 Å². The number of halogens is 2. The lowest BCUT2D eigenvalue weighted by Crippen LogP contribution is -2.25. The summed E-state index contributed by atoms with van der Waals surface area (Å²) in [5.41, 5.74) is 0.144. The lowest BCUT2D eigenvalue weighted by Gasteiger charge is -2.13. The van der Waals surface area contributed by atoms with Gasteiger partial charge in [0.15, 0.2) is 0 Å². The van der Waals surface area contributed by atoms with Crippen molar-refractivity contribution in [3.63, 3.8) is 0 Å². The number of aromatic carboxylic acids is 1. The monoisotopic (exact) mass is 352 g/mol. The van der Waals surface area contributed by atoms with E-state index in [0.29, 0.717) is 12.4 Å². The second-order valence-corrected chi connectivity index (χ2v) is 5.35. The van der Waals surface area contributed by atoms with Crippen LogP contribution in [-0.2, 0) is 0 Å². The van der Waals surface area contributed by atoms with Crippen molar-refractivity contribution < 1.29 is 19.4 Å². The van der Waals surface area contributed by atoms with Crippen molar-refractivity contribution in [2.75, 3.05) is 11.9 Å². The van der Waals surface area contributed by atoms with Gasteiger partial charge in [-0.25, -0.2) is 0 Å². The van der Waals surface area contributed by atoms with Crippen molar-refractivity contribution in [1.82, 2.24) is 0 Å². The average molecular weight is 353 g/mol. The van der Waals surface area contributed by atoms with E-state index in [2.05, 4.69) is 5.32 Å². The molecule has 0 fully saturated rings. The summed E-state index contributed by atoms with van der Waals surface area (Å²) in [5, 5.41) is 14.1. The van der Waals surface area contributed by atoms with Gasteiger partial charge in [-0.05, 0) is 43.3 Å². The quantitative estimate of drug-likeness (QED) is 0.896. The van der Waals surface area contributed by atoms with E-state index in [9.17, 15) is 14.7 Å². The third kappa shape index (κ3) is 4.15. The summed E-state index contributed by atoms with van der Waals surface area (Å²) in [6.07, 6.45) is 0. The molecule has 2 rings (SSSR count). The van der Waals surface area contributed by atoms with Crippen LogP contribution in [0.25, 0.3) is 0 Å². The number of benzene rings is 2. The van der Waals surface area contributed by atoms with Gasteiger partial charge in [0.2, 0.25) is 0 Å². The van der Waals surface area contributed by atoms with Gasteiger partial charge in [-0.3, -0.25) is 4.79 Å². The Morgan fingerprint density at radius 3 is 2.52 bits per heavy atom. The summed E-state index contributed by atoms with van der Waals surface area (Å²) >= 11 is 11.8. The van der Waals surface area contributed by atoms with Crippen LogP contribution in [0.2, 0.25) is 10.0 Å². The first-order chi connectivity index (χ1) is 10.9. The molecule has 0 spiro atoms. The Labute approximate surface area is 142 Å². The fourth-order valence-corrected chi connectivity index (χ4v) is 2.31. The van der Waals surface area contributed by atoms with E-state index < -0.39 is 11.9 Å². The number of carbonyl (C=O) groups excluding carboxylic acids is 2. The van der Waals surface area contributed by atoms with Crippen LogP contribution in [-0.4, -0.2) is 18.5 Å². The lowest BCUT2D eigenvalue weighted by molar-refractivity contribution is -0.254. The number of carboxylic acids is 1. The van der Waals surface area contributed by atoms with E-state index in [1.165, 1.54) is 30.3 Å². The molecule has 0 atom stereocenters. The summed E-state index contributed by atoms with van der Waals surface area (Å²) in [6.45, 7) is 2.27. The van der Waals surface area contributed by atoms with Gasteiger partial charge in [0.25, 0.3) is 5.91 Å². The zero-order chi connectivity index (χ0) is 17.0. The van der Waals surface area contributed by atoms with Gasteiger partial charge in [-0.2, -0.15) is 0 Å². The molecule has 0 aliphatic carbocycles. The number of hydrogen-bond donors (Lipinski definition) is 1. The number of carbonyl (C=O) groups is 2. The summed E-state index contributed by atoms with van der Waals surface area (Å²) in [6, 6.07) is 8.60. The third-order valence-electron chi connectivity index (χ3n) is 2.94. The Balaban J connectivity index is 2.26. The molecule has 0 aliphatic rings. The van der Waals surface area contributed by atoms with Gasteiger partial charge < -0.3 is 20.0 Å². The molecule has 2 aromatic rings. The Kier molecular flexibility index (Phi) is 5.47. The lowest BCUT2D eigenvalue weighted by atomic mass is 10.1. The smallest absolute Gasteiger partial charge is 0.255 e. The van der Waals surface area contributed by atoms with Crippen molar-refractivity contribution in [2.24, 2.45) is 0 Å². The van der Waals surface area contributed by atoms with Gasteiger partial charge in [0, 0.05) is 16.1 Å². The first-order valence-corrected chi connectivity index (χ1v) is 7.42. The van der Waals surface area contributed by atoms with Crippen molar-refractivity contribution >= 4 is 40.8 Å². The minimum absolute atomic E-state index is 0.0874. The van der Waals surface area contributed by atoms with E-state index in [0.717, 1.165) is 0 Å². The fourth-order valence-electron chi connectivity index (χ4n) is 1.90. The zero-order valence-corrected chi connectivity index (χ0v) is 13.6. The zero-order valence-electron chi connectivity index (χ0n) is 12.1. The maximum atomic E-state index is 12.2. The van der Waals surface area contributed by atoms with Crippen LogP contribution < -0.4 is 15.2 Å². The minimum Gasteiger partial charge on any atom is -0.545 e. The highest BCUT2D eigenvalue weighted by Crippen LogP contribution is 2.26. The first kappa shape index (κ1) is 17.1. The summed E-state index contributed by atoms with van der Waals surface area (Å²) in [4.78, 5) is 23.3. The first-order valence-electron chi connectivity index (χ1n) is 6.67. The van der Waals surface area contributed by atoms with Crippen LogP contribution >= 0.6 is 23.2 Å². The number of ether oxygens (including phenoxy) is 1. The van der Waals surface area contributed by atoms with Gasteiger partial charge in [0.05, 0.1) is 23.3 Å². The Morgan fingerprint density at radius 1 is 1.17 bits per heavy atom. The molecule has 5 nitrogen and oxygen atoms in total. The van der Waals surface area contributed by atoms with E-state index in [1.54, 1.807) is 6.07 Å². The van der Waals surface area contributed by atoms with Gasteiger partial charge in [0.1, 0.15) is 5.75 Å². The van der Waals surface area contributed by atoms with Crippen molar-refractivity contribution in [1.29, 1.82) is 0 Å². The minimum atomic E-state index is -1.44. The highest BCUT2D eigenvalue weighted by molar-refractivity contribution is 6.32. The highest BCUT2D eigenvalue weighted by Gasteiger charge is 2.12. The number of anilines is 1. The molecular formula is C16H12Cl2NO4-. The molecule has 1 N–H and O–H groups in total. The van der Waals surface area contributed by atoms with E-state index >= 15 is 0 Å². The maximum absolute atomic E-state index is 12.2. The van der Waals surface area contributed by atoms with Crippen LogP contribution in [0.5, 0.6) is 5.75 Å². The normalized spacial score (nSPS) is 10.2. The Morgan fingerprint density at radius 2 is 1.91 bits per heavy atom. The van der Waals surface area contributed by atoms with Gasteiger partial charge in [-0.15, -0.1) is 0 Å². The van der Waals surface area contributed by atoms with Crippen LogP contribution in [0, 0.1) is 0 Å². The predicted octanol–water partition coefficient (Wildman–Crippen LogP) is 3.01. The molecule has 1 amide bonds. The van der Waals surface area contributed by atoms with Crippen LogP contribution in [0.15, 0.2) is 36.4 Å². The standard InChI is InChI=1S/C16H13Cl2NO4/c1-2-23-14-6-3-9(7-12(14)18)15(20)19-13-5-4-10(17)8-11(13)16(21)22/h3-8H,2H2,1H3,(H,19,20)(H,21,22)/p-1. The second kappa shape index (κ2) is 7.35. The van der Waals surface area contributed by atoms with Gasteiger partial charge >= 0.3 is 0 Å². The number of rotatable bonds is 5. The highest BCUT2D eigenvalue weighted by atomic mass is 35.5. The molecule has 7 heteroatoms. The number of carboxylic acid groups (broad SMARTS) is 1. The van der Waals surface area contributed by atoms with Crippen LogP contribution in [0.4, 0.5) is 5.69 Å². The summed E-state index contributed by atoms with van der Waals surface area (Å²) < 4.78 is 5.29. The molecule has 0 bridgehead atoms. The predicted molar refractivity (Wildman–Crippen MR) is 86.4 cm³/mol. The molecule has 120 valence electrons. The molecule has 0 heterocycles. The molecule has 0 saturated carbocycles. The topological polar surface area (TPSA) is 78.5 Å². The second-order valence-electron chi connectivity index (χ2n) is 4.51. The molecule has 0 aromatic heterocycles. The molecule has 2 aromatic carbocycles. The number of amides is 1. The molecule has 0 saturated heterocycles. The number of hydrogen-bond acceptors (Lipinski definition) is 4. The summed E-state index contributed by atoms with van der Waals surface area (Å²) in [5.74, 6) is -1.49. The van der Waals surface area contributed by atoms with E-state index in [4.69, 9.17) is 27.9 Å². The van der Waals surface area contributed by atoms with E-state index in [1.807, 2.05) is 6.92 Å². The molecule has 0 unspecified atom stereocenters. The SMILES string of the molecule is CCOc1ccc(C(=O)Nc2ccc(Cl)cc2C(=O)[O-])cc1Cl. The molecular weight excluding hydrogens is 341 g/mol. The molecule has 23 heavy (non-hydrogen) atoms. The Hall–Kier alpha value is -2.24. The van der Waals surface area contributed by atoms with Crippen LogP contribution in [0.1, 0.15) is 27.6 Å². The molecule has 0 radical (unpaired) electrons. The number of nitrogens with one attached hydrogen (secondary N) is 1. The fraction of sp³-hybridized carbons (Fsp3) is 0.125. The Bertz CT molecular complexity index is 762. The maximum Gasteiger partial charge on any atom is 0.255 e. The van der Waals surface area contributed by atoms with Crippen molar-refractivity contribution in [3.8, 4) is 5.75 Å². The molecule has 0 aliphatic heterocycles. The van der Waals surface area contributed by atoms with Crippen molar-refractivity contribution in [3.05, 3.63) is 57.6 Å². The third-order valence-corrected chi connectivity index (χ3v) is 3.47. The summed E-state index contributed by atoms with van der Waals surface area (Å²) in [7, 11) is 0. The van der Waals surface area contributed by atoms with Gasteiger partial charge in [-0.1, -0.05) is 23.2 Å². The van der Waals surface area contributed by atoms with Crippen molar-refractivity contribution in [2.45, 2.75) is 6.92 Å².